The molecule has 16 heteroatoms. The summed E-state index contributed by atoms with van der Waals surface area (Å²) in [5, 5.41) is 11.2. The van der Waals surface area contributed by atoms with Crippen molar-refractivity contribution in [3.8, 4) is 12.3 Å². The molecule has 0 aromatic heterocycles. The summed E-state index contributed by atoms with van der Waals surface area (Å²) in [6.07, 6.45) is 6.14. The van der Waals surface area contributed by atoms with Crippen LogP contribution in [0.4, 0.5) is 0 Å². The molecule has 0 saturated carbocycles. The van der Waals surface area contributed by atoms with Crippen LogP contribution in [0.2, 0.25) is 0 Å². The van der Waals surface area contributed by atoms with Gasteiger partial charge in [0.2, 0.25) is 29.5 Å². The summed E-state index contributed by atoms with van der Waals surface area (Å²) >= 11 is 0. The molecule has 2 aromatic rings. The number of esters is 1. The highest BCUT2D eigenvalue weighted by molar-refractivity contribution is 5.99. The number of carbonyl (C=O) groups is 7. The summed E-state index contributed by atoms with van der Waals surface area (Å²) in [5.41, 5.74) is 0.632. The number of rotatable bonds is 27. The molecule has 65 heavy (non-hydrogen) atoms. The Bertz CT molecular complexity index is 1930. The van der Waals surface area contributed by atoms with Gasteiger partial charge in [-0.05, 0) is 62.0 Å². The molecule has 5 atom stereocenters. The van der Waals surface area contributed by atoms with Crippen molar-refractivity contribution in [3.05, 3.63) is 71.8 Å². The standard InChI is InChI=1S/C49H68N6O10/c1-7-24-50-42(56)22-23-44(58)64-33-55(48(62)38(20-19-36-14-10-8-11-15-36)51-43(57)31-54-25-27-63-28-26-54)41(21-18-34(2)3)47(61)53-40(30-37-16-12-9-13-17-37)46(60)52-39(29-35(4)5)45(59)49(6)32-65-49/h1,8-17,34-35,38-41H,18-33H2,2-6H3,(H,50,56)(H,51,57)(H,52,60)(H,53,61)/t38-,39-,40-,41-,49+/m0/s1. The second kappa shape index (κ2) is 26.4. The van der Waals surface area contributed by atoms with Gasteiger partial charge in [-0.25, -0.2) is 0 Å². The molecule has 0 radical (unpaired) electrons. The lowest BCUT2D eigenvalue weighted by Gasteiger charge is -2.35. The van der Waals surface area contributed by atoms with Gasteiger partial charge in [0.25, 0.3) is 0 Å². The number of ether oxygens (including phenoxy) is 3. The molecule has 0 aliphatic carbocycles. The van der Waals surface area contributed by atoms with Gasteiger partial charge in [0.15, 0.2) is 12.5 Å². The number of aryl methyl sites for hydroxylation is 1. The first-order valence-corrected chi connectivity index (χ1v) is 22.7. The van der Waals surface area contributed by atoms with Crippen molar-refractivity contribution in [2.75, 3.05) is 52.7 Å². The zero-order valence-corrected chi connectivity index (χ0v) is 38.6. The molecule has 2 fully saturated rings. The van der Waals surface area contributed by atoms with Gasteiger partial charge in [0.1, 0.15) is 23.7 Å². The predicted molar refractivity (Wildman–Crippen MR) is 244 cm³/mol. The number of hydrogen-bond acceptors (Lipinski definition) is 11. The average Bonchev–Trinajstić information content (AvgIpc) is 4.05. The van der Waals surface area contributed by atoms with Crippen molar-refractivity contribution in [1.82, 2.24) is 31.1 Å². The van der Waals surface area contributed by atoms with Gasteiger partial charge in [-0.3, -0.25) is 43.4 Å². The van der Waals surface area contributed by atoms with Crippen molar-refractivity contribution in [3.63, 3.8) is 0 Å². The minimum Gasteiger partial charge on any atom is -0.444 e. The maximum atomic E-state index is 15.1. The molecule has 354 valence electrons. The van der Waals surface area contributed by atoms with Crippen LogP contribution in [0.1, 0.15) is 84.3 Å². The highest BCUT2D eigenvalue weighted by Crippen LogP contribution is 2.30. The van der Waals surface area contributed by atoms with E-state index in [0.717, 1.165) is 16.0 Å². The van der Waals surface area contributed by atoms with Crippen LogP contribution in [-0.4, -0.2) is 134 Å². The van der Waals surface area contributed by atoms with Crippen molar-refractivity contribution in [2.24, 2.45) is 11.8 Å². The summed E-state index contributed by atoms with van der Waals surface area (Å²) in [5.74, 6) is -1.53. The summed E-state index contributed by atoms with van der Waals surface area (Å²) in [4.78, 5) is 100. The van der Waals surface area contributed by atoms with Gasteiger partial charge in [0, 0.05) is 25.9 Å². The first kappa shape index (κ1) is 52.0. The van der Waals surface area contributed by atoms with E-state index in [0.29, 0.717) is 45.6 Å². The number of benzene rings is 2. The van der Waals surface area contributed by atoms with Gasteiger partial charge in [0.05, 0.1) is 45.4 Å². The van der Waals surface area contributed by atoms with Gasteiger partial charge in [-0.1, -0.05) is 94.3 Å². The van der Waals surface area contributed by atoms with E-state index in [1.807, 2.05) is 93.3 Å². The number of amides is 5. The van der Waals surface area contributed by atoms with Crippen LogP contribution in [0.5, 0.6) is 0 Å². The fourth-order valence-electron chi connectivity index (χ4n) is 7.43. The molecule has 16 nitrogen and oxygen atoms in total. The van der Waals surface area contributed by atoms with Crippen LogP contribution in [0.25, 0.3) is 0 Å². The Kier molecular flexibility index (Phi) is 21.1. The van der Waals surface area contributed by atoms with E-state index in [9.17, 15) is 28.8 Å². The molecular formula is C49H68N6O10. The second-order valence-corrected chi connectivity index (χ2v) is 17.8. The monoisotopic (exact) mass is 900 g/mol. The fraction of sp³-hybridized carbons (Fsp3) is 0.571. The van der Waals surface area contributed by atoms with E-state index >= 15 is 4.79 Å². The lowest BCUT2D eigenvalue weighted by atomic mass is 9.93. The van der Waals surface area contributed by atoms with Crippen LogP contribution >= 0.6 is 0 Å². The van der Waals surface area contributed by atoms with Crippen LogP contribution < -0.4 is 21.3 Å². The third kappa shape index (κ3) is 18.0. The normalized spacial score (nSPS) is 17.7. The van der Waals surface area contributed by atoms with Crippen LogP contribution in [0.3, 0.4) is 0 Å². The Hall–Kier alpha value is -5.63. The maximum Gasteiger partial charge on any atom is 0.308 e. The first-order valence-electron chi connectivity index (χ1n) is 22.7. The number of nitrogens with one attached hydrogen (secondary N) is 4. The SMILES string of the molecule is C#CCNC(=O)CCC(=O)OCN(C(=O)[C@H](CCc1ccccc1)NC(=O)CN1CCOCC1)[C@@H](CCC(C)C)C(=O)N[C@@H](Cc1ccccc1)C(=O)N[C@@H](CC(C)C)C(=O)[C@@]1(C)CO1. The molecule has 2 aliphatic heterocycles. The average molecular weight is 901 g/mol. The van der Waals surface area contributed by atoms with Crippen LogP contribution in [0, 0.1) is 24.2 Å². The second-order valence-electron chi connectivity index (χ2n) is 17.8. The lowest BCUT2D eigenvalue weighted by molar-refractivity contribution is -0.160. The molecule has 2 aromatic carbocycles. The van der Waals surface area contributed by atoms with E-state index in [2.05, 4.69) is 27.2 Å². The minimum absolute atomic E-state index is 0.00826. The number of epoxide rings is 1. The third-order valence-electron chi connectivity index (χ3n) is 11.3. The minimum atomic E-state index is -1.30. The number of ketones is 1. The van der Waals surface area contributed by atoms with Crippen molar-refractivity contribution in [1.29, 1.82) is 0 Å². The Labute approximate surface area is 383 Å². The zero-order valence-electron chi connectivity index (χ0n) is 38.6. The van der Waals surface area contributed by atoms with Crippen molar-refractivity contribution >= 4 is 41.3 Å². The Balaban J connectivity index is 1.70. The Morgan fingerprint density at radius 3 is 2.02 bits per heavy atom. The molecule has 4 rings (SSSR count). The molecule has 4 N–H and O–H groups in total. The third-order valence-corrected chi connectivity index (χ3v) is 11.3. The summed E-state index contributed by atoms with van der Waals surface area (Å²) in [6, 6.07) is 14.0. The van der Waals surface area contributed by atoms with E-state index in [4.69, 9.17) is 20.6 Å². The number of nitrogens with zero attached hydrogens (tertiary/aromatic N) is 2. The molecular weight excluding hydrogens is 833 g/mol. The van der Waals surface area contributed by atoms with Gasteiger partial charge < -0.3 is 35.5 Å². The fourth-order valence-corrected chi connectivity index (χ4v) is 7.43. The smallest absolute Gasteiger partial charge is 0.308 e. The van der Waals surface area contributed by atoms with Gasteiger partial charge in [-0.15, -0.1) is 6.42 Å². The molecule has 0 spiro atoms. The number of terminal acetylenes is 1. The quantitative estimate of drug-likeness (QED) is 0.0444. The van der Waals surface area contributed by atoms with E-state index < -0.39 is 72.0 Å². The molecule has 5 amide bonds. The zero-order chi connectivity index (χ0) is 47.4. The van der Waals surface area contributed by atoms with E-state index in [1.54, 1.807) is 6.92 Å². The molecule has 0 unspecified atom stereocenters. The first-order chi connectivity index (χ1) is 31.1. The Morgan fingerprint density at radius 1 is 0.785 bits per heavy atom. The predicted octanol–water partition coefficient (Wildman–Crippen LogP) is 2.72. The summed E-state index contributed by atoms with van der Waals surface area (Å²) < 4.78 is 16.6. The largest absolute Gasteiger partial charge is 0.444 e. The molecule has 2 aliphatic rings. The van der Waals surface area contributed by atoms with Crippen molar-refractivity contribution < 1.29 is 47.8 Å². The highest BCUT2D eigenvalue weighted by atomic mass is 16.6. The summed E-state index contributed by atoms with van der Waals surface area (Å²) in [7, 11) is 0. The maximum absolute atomic E-state index is 15.1. The van der Waals surface area contributed by atoms with Crippen molar-refractivity contribution in [2.45, 2.75) is 116 Å². The molecule has 0 bridgehead atoms. The Morgan fingerprint density at radius 2 is 1.42 bits per heavy atom. The van der Waals surface area contributed by atoms with Crippen LogP contribution in [0.15, 0.2) is 60.7 Å². The van der Waals surface area contributed by atoms with E-state index in [1.165, 1.54) is 0 Å². The highest BCUT2D eigenvalue weighted by Gasteiger charge is 2.50. The van der Waals surface area contributed by atoms with Gasteiger partial charge in [-0.2, -0.15) is 0 Å². The molecule has 2 saturated heterocycles. The number of Topliss-reactive ketones (excluding diaryl/α,β-unsaturated/α-hetero) is 1. The van der Waals surface area contributed by atoms with Crippen LogP contribution in [-0.2, 0) is 60.6 Å². The number of hydrogen-bond donors (Lipinski definition) is 4. The molecule has 2 heterocycles. The number of carbonyl (C=O) groups excluding carboxylic acids is 7. The number of morpholine rings is 1. The van der Waals surface area contributed by atoms with Gasteiger partial charge >= 0.3 is 5.97 Å². The topological polar surface area (TPSA) is 205 Å². The summed E-state index contributed by atoms with van der Waals surface area (Å²) in [6.45, 7) is 11.0. The lowest BCUT2D eigenvalue weighted by Crippen LogP contribution is -2.60. The van der Waals surface area contributed by atoms with E-state index in [-0.39, 0.29) is 69.4 Å².